The molecule has 0 fully saturated rings. The molecule has 5 atom stereocenters. The molecule has 0 bridgehead atoms. The maximum Gasteiger partial charge on any atom is 0.179 e. The van der Waals surface area contributed by atoms with Crippen LogP contribution in [-0.2, 0) is 4.74 Å². The first-order chi connectivity index (χ1) is 14.3. The van der Waals surface area contributed by atoms with E-state index in [-0.39, 0.29) is 30.1 Å². The highest BCUT2D eigenvalue weighted by Crippen LogP contribution is 2.62. The summed E-state index contributed by atoms with van der Waals surface area (Å²) in [6.07, 6.45) is -0.137. The molecule has 1 unspecified atom stereocenters. The molecule has 2 aromatic carbocycles. The Kier molecular flexibility index (Phi) is 4.27. The zero-order valence-electron chi connectivity index (χ0n) is 19.0. The van der Waals surface area contributed by atoms with Gasteiger partial charge in [0.2, 0.25) is 0 Å². The van der Waals surface area contributed by atoms with Crippen LogP contribution < -0.4 is 18.9 Å². The lowest BCUT2D eigenvalue weighted by molar-refractivity contribution is -0.0140. The van der Waals surface area contributed by atoms with Crippen molar-refractivity contribution in [3.63, 3.8) is 0 Å². The molecule has 0 saturated carbocycles. The Labute approximate surface area is 178 Å². The van der Waals surface area contributed by atoms with E-state index in [0.29, 0.717) is 0 Å². The number of ether oxygens (including phenoxy) is 5. The van der Waals surface area contributed by atoms with Gasteiger partial charge in [0, 0.05) is 29.0 Å². The van der Waals surface area contributed by atoms with Gasteiger partial charge in [0.1, 0.15) is 29.5 Å². The van der Waals surface area contributed by atoms with Crippen LogP contribution in [0.1, 0.15) is 79.0 Å². The third kappa shape index (κ3) is 2.33. The fraction of sp³-hybridized carbons (Fsp3) is 0.520. The highest BCUT2D eigenvalue weighted by Gasteiger charge is 2.46. The molecule has 0 N–H and O–H groups in total. The van der Waals surface area contributed by atoms with Gasteiger partial charge >= 0.3 is 0 Å². The second-order valence-corrected chi connectivity index (χ2v) is 8.90. The van der Waals surface area contributed by atoms with E-state index in [4.69, 9.17) is 23.7 Å². The van der Waals surface area contributed by atoms with E-state index in [1.807, 2.05) is 6.07 Å². The van der Waals surface area contributed by atoms with E-state index in [2.05, 4.69) is 41.5 Å². The SMILES string of the molecule is COc1cc2c3c(c1C)[C@H](C)[C@@H](C)OC3c1c(OC)c(C)c3c(c1O2)O[C@H](C)[C@@H]3C. The molecule has 0 saturated heterocycles. The predicted molar refractivity (Wildman–Crippen MR) is 115 cm³/mol. The average molecular weight is 411 g/mol. The topological polar surface area (TPSA) is 46.2 Å². The van der Waals surface area contributed by atoms with Crippen molar-refractivity contribution in [3.05, 3.63) is 39.4 Å². The van der Waals surface area contributed by atoms with E-state index in [1.54, 1.807) is 14.2 Å². The monoisotopic (exact) mass is 410 g/mol. The molecule has 5 heteroatoms. The smallest absolute Gasteiger partial charge is 0.179 e. The fourth-order valence-corrected chi connectivity index (χ4v) is 5.52. The van der Waals surface area contributed by atoms with Crippen molar-refractivity contribution in [2.24, 2.45) is 0 Å². The summed E-state index contributed by atoms with van der Waals surface area (Å²) in [6, 6.07) is 1.98. The van der Waals surface area contributed by atoms with Crippen LogP contribution in [0.2, 0.25) is 0 Å². The molecule has 0 spiro atoms. The minimum atomic E-state index is -0.261. The highest BCUT2D eigenvalue weighted by molar-refractivity contribution is 5.72. The molecule has 3 aliphatic rings. The summed E-state index contributed by atoms with van der Waals surface area (Å²) in [5, 5.41) is 0. The first kappa shape index (κ1) is 19.6. The molecule has 0 amide bonds. The highest BCUT2D eigenvalue weighted by atomic mass is 16.5. The summed E-state index contributed by atoms with van der Waals surface area (Å²) in [4.78, 5) is 0. The van der Waals surface area contributed by atoms with Crippen LogP contribution in [0.3, 0.4) is 0 Å². The summed E-state index contributed by atoms with van der Waals surface area (Å²) in [6.45, 7) is 12.9. The molecule has 5 rings (SSSR count). The molecule has 0 radical (unpaired) electrons. The van der Waals surface area contributed by atoms with Crippen LogP contribution in [0.15, 0.2) is 6.07 Å². The Balaban J connectivity index is 1.85. The van der Waals surface area contributed by atoms with Crippen LogP contribution in [0.5, 0.6) is 28.7 Å². The molecule has 3 aliphatic heterocycles. The van der Waals surface area contributed by atoms with Gasteiger partial charge in [0.15, 0.2) is 11.5 Å². The van der Waals surface area contributed by atoms with Gasteiger partial charge in [-0.3, -0.25) is 0 Å². The van der Waals surface area contributed by atoms with Crippen LogP contribution in [0.25, 0.3) is 0 Å². The van der Waals surface area contributed by atoms with Crippen molar-refractivity contribution in [2.75, 3.05) is 14.2 Å². The van der Waals surface area contributed by atoms with Crippen molar-refractivity contribution >= 4 is 0 Å². The summed E-state index contributed by atoms with van der Waals surface area (Å²) in [5.74, 6) is 4.50. The lowest BCUT2D eigenvalue weighted by Crippen LogP contribution is -2.31. The lowest BCUT2D eigenvalue weighted by atomic mass is 9.78. The van der Waals surface area contributed by atoms with Crippen LogP contribution in [0.4, 0.5) is 0 Å². The lowest BCUT2D eigenvalue weighted by Gasteiger charge is -2.41. The Morgan fingerprint density at radius 2 is 1.47 bits per heavy atom. The molecular weight excluding hydrogens is 380 g/mol. The van der Waals surface area contributed by atoms with Crippen LogP contribution >= 0.6 is 0 Å². The van der Waals surface area contributed by atoms with Gasteiger partial charge < -0.3 is 23.7 Å². The predicted octanol–water partition coefficient (Wildman–Crippen LogP) is 5.92. The summed E-state index contributed by atoms with van der Waals surface area (Å²) >= 11 is 0. The second-order valence-electron chi connectivity index (χ2n) is 8.90. The van der Waals surface area contributed by atoms with Crippen LogP contribution in [-0.4, -0.2) is 26.4 Å². The number of fused-ring (bicyclic) bond motifs is 4. The largest absolute Gasteiger partial charge is 0.496 e. The molecule has 2 aromatic rings. The number of hydrogen-bond donors (Lipinski definition) is 0. The van der Waals surface area contributed by atoms with Crippen molar-refractivity contribution in [1.29, 1.82) is 0 Å². The first-order valence-corrected chi connectivity index (χ1v) is 10.8. The van der Waals surface area contributed by atoms with Gasteiger partial charge in [-0.2, -0.15) is 0 Å². The zero-order chi connectivity index (χ0) is 21.5. The number of methoxy groups -OCH3 is 2. The van der Waals surface area contributed by atoms with Crippen molar-refractivity contribution in [3.8, 4) is 28.7 Å². The summed E-state index contributed by atoms with van der Waals surface area (Å²) < 4.78 is 31.2. The van der Waals surface area contributed by atoms with Gasteiger partial charge in [-0.15, -0.1) is 0 Å². The second kappa shape index (κ2) is 6.55. The third-order valence-electron chi connectivity index (χ3n) is 7.41. The molecular formula is C25H30O5. The molecule has 0 aliphatic carbocycles. The van der Waals surface area contributed by atoms with E-state index >= 15 is 0 Å². The standard InChI is InChI=1S/C25H30O5/c1-10-14(5)28-23-20-17(9-16(26-7)12(3)18(10)20)30-25-21(23)22(27-8)13(4)19-11(2)15(6)29-24(19)25/h9-11,14-15,23H,1-8H3/t10-,11+,14-,15-,23?/m1/s1. The van der Waals surface area contributed by atoms with Crippen molar-refractivity contribution in [2.45, 2.75) is 71.7 Å². The molecule has 160 valence electrons. The van der Waals surface area contributed by atoms with E-state index < -0.39 is 0 Å². The van der Waals surface area contributed by atoms with Crippen molar-refractivity contribution < 1.29 is 23.7 Å². The molecule has 5 nitrogen and oxygen atoms in total. The normalized spacial score (nSPS) is 28.1. The zero-order valence-corrected chi connectivity index (χ0v) is 19.0. The Hall–Kier alpha value is -2.40. The molecule has 3 heterocycles. The Morgan fingerprint density at radius 1 is 0.767 bits per heavy atom. The van der Waals surface area contributed by atoms with Gasteiger partial charge in [-0.1, -0.05) is 13.8 Å². The van der Waals surface area contributed by atoms with Crippen molar-refractivity contribution in [1.82, 2.24) is 0 Å². The van der Waals surface area contributed by atoms with Gasteiger partial charge in [0.25, 0.3) is 0 Å². The maximum atomic E-state index is 6.62. The maximum absolute atomic E-state index is 6.62. The first-order valence-electron chi connectivity index (χ1n) is 10.8. The van der Waals surface area contributed by atoms with E-state index in [0.717, 1.165) is 56.6 Å². The number of rotatable bonds is 2. The van der Waals surface area contributed by atoms with Gasteiger partial charge in [-0.25, -0.2) is 0 Å². The minimum absolute atomic E-state index is 0.0455. The average Bonchev–Trinajstić information content (AvgIpc) is 3.02. The minimum Gasteiger partial charge on any atom is -0.496 e. The quantitative estimate of drug-likeness (QED) is 0.615. The van der Waals surface area contributed by atoms with E-state index in [1.165, 1.54) is 5.56 Å². The van der Waals surface area contributed by atoms with Crippen LogP contribution in [0, 0.1) is 13.8 Å². The number of benzene rings is 2. The van der Waals surface area contributed by atoms with Gasteiger partial charge in [-0.05, 0) is 44.4 Å². The third-order valence-corrected chi connectivity index (χ3v) is 7.41. The summed E-state index contributed by atoms with van der Waals surface area (Å²) in [7, 11) is 3.43. The fourth-order valence-electron chi connectivity index (χ4n) is 5.52. The Bertz CT molecular complexity index is 1060. The number of hydrogen-bond acceptors (Lipinski definition) is 5. The van der Waals surface area contributed by atoms with E-state index in [9.17, 15) is 0 Å². The Morgan fingerprint density at radius 3 is 2.13 bits per heavy atom. The molecule has 30 heavy (non-hydrogen) atoms. The van der Waals surface area contributed by atoms with Gasteiger partial charge in [0.05, 0.1) is 25.9 Å². The summed E-state index contributed by atoms with van der Waals surface area (Å²) in [5.41, 5.74) is 6.69. The molecule has 0 aromatic heterocycles.